The van der Waals surface area contributed by atoms with Gasteiger partial charge in [-0.3, -0.25) is 10.1 Å². The van der Waals surface area contributed by atoms with Crippen LogP contribution in [0.2, 0.25) is 0 Å². The molecule has 0 saturated carbocycles. The summed E-state index contributed by atoms with van der Waals surface area (Å²) in [6, 6.07) is 1.70. The Labute approximate surface area is 115 Å². The van der Waals surface area contributed by atoms with Crippen LogP contribution in [0.15, 0.2) is 18.2 Å². The predicted octanol–water partition coefficient (Wildman–Crippen LogP) is 2.67. The van der Waals surface area contributed by atoms with Crippen molar-refractivity contribution in [3.63, 3.8) is 0 Å². The van der Waals surface area contributed by atoms with E-state index in [4.69, 9.17) is 10.5 Å². The molecule has 1 aromatic carbocycles. The number of halogens is 1. The minimum Gasteiger partial charge on any atom is -0.463 e. The van der Waals surface area contributed by atoms with Gasteiger partial charge in [0.1, 0.15) is 5.82 Å². The largest absolute Gasteiger partial charge is 0.463 e. The zero-order valence-corrected chi connectivity index (χ0v) is 11.0. The molecule has 0 fully saturated rings. The fourth-order valence-electron chi connectivity index (χ4n) is 1.47. The van der Waals surface area contributed by atoms with Crippen molar-refractivity contribution in [1.29, 1.82) is 0 Å². The highest BCUT2D eigenvalue weighted by Crippen LogP contribution is 2.27. The molecule has 20 heavy (non-hydrogen) atoms. The molecule has 0 aromatic heterocycles. The van der Waals surface area contributed by atoms with E-state index >= 15 is 0 Å². The number of nitrogens with zero attached hydrogens (tertiary/aromatic N) is 1. The summed E-state index contributed by atoms with van der Waals surface area (Å²) in [6.07, 6.45) is 3.80. The standard InChI is InChI=1S/C13H15FN2O4/c1-2-3-6-20-13(17)5-4-10-11(15)7-9(14)8-12(10)16(18)19/h4-5,7-8H,2-3,6,15H2,1H3/b5-4-. The van der Waals surface area contributed by atoms with Gasteiger partial charge >= 0.3 is 5.97 Å². The molecule has 0 bridgehead atoms. The van der Waals surface area contributed by atoms with Crippen molar-refractivity contribution in [3.8, 4) is 0 Å². The Kier molecular flexibility index (Phi) is 5.64. The van der Waals surface area contributed by atoms with E-state index in [2.05, 4.69) is 0 Å². The number of unbranched alkanes of at least 4 members (excludes halogenated alkanes) is 1. The number of benzene rings is 1. The van der Waals surface area contributed by atoms with Crippen LogP contribution in [0.4, 0.5) is 15.8 Å². The van der Waals surface area contributed by atoms with Crippen LogP contribution >= 0.6 is 0 Å². The molecule has 0 aliphatic rings. The Morgan fingerprint density at radius 3 is 2.85 bits per heavy atom. The first-order chi connectivity index (χ1) is 9.45. The Hall–Kier alpha value is -2.44. The number of hydrogen-bond donors (Lipinski definition) is 1. The van der Waals surface area contributed by atoms with Crippen molar-refractivity contribution < 1.29 is 18.8 Å². The van der Waals surface area contributed by atoms with Crippen LogP contribution in [0.3, 0.4) is 0 Å². The number of nitro benzene ring substituents is 1. The average molecular weight is 282 g/mol. The molecule has 108 valence electrons. The molecule has 0 heterocycles. The number of anilines is 1. The molecule has 0 aliphatic heterocycles. The zero-order chi connectivity index (χ0) is 15.1. The van der Waals surface area contributed by atoms with E-state index in [0.29, 0.717) is 0 Å². The third kappa shape index (κ3) is 4.34. The van der Waals surface area contributed by atoms with Gasteiger partial charge in [-0.25, -0.2) is 9.18 Å². The molecule has 0 aliphatic carbocycles. The van der Waals surface area contributed by atoms with Crippen LogP contribution in [0.1, 0.15) is 25.3 Å². The van der Waals surface area contributed by atoms with Gasteiger partial charge < -0.3 is 10.5 Å². The number of nitrogens with two attached hydrogens (primary N) is 1. The van der Waals surface area contributed by atoms with Gasteiger partial charge in [0, 0.05) is 11.8 Å². The maximum absolute atomic E-state index is 13.1. The molecule has 1 rings (SSSR count). The lowest BCUT2D eigenvalue weighted by atomic mass is 10.1. The fourth-order valence-corrected chi connectivity index (χ4v) is 1.47. The number of nitro groups is 1. The summed E-state index contributed by atoms with van der Waals surface area (Å²) >= 11 is 0. The smallest absolute Gasteiger partial charge is 0.330 e. The summed E-state index contributed by atoms with van der Waals surface area (Å²) in [6.45, 7) is 2.23. The molecule has 0 atom stereocenters. The number of ether oxygens (including phenoxy) is 1. The van der Waals surface area contributed by atoms with E-state index in [1.165, 1.54) is 0 Å². The summed E-state index contributed by atoms with van der Waals surface area (Å²) in [7, 11) is 0. The van der Waals surface area contributed by atoms with E-state index < -0.39 is 22.4 Å². The molecular formula is C13H15FN2O4. The lowest BCUT2D eigenvalue weighted by Gasteiger charge is -2.03. The normalized spacial score (nSPS) is 10.7. The number of carbonyl (C=O) groups is 1. The Balaban J connectivity index is 2.91. The van der Waals surface area contributed by atoms with Crippen LogP contribution < -0.4 is 5.73 Å². The average Bonchev–Trinajstić information content (AvgIpc) is 2.37. The highest BCUT2D eigenvalue weighted by Gasteiger charge is 2.16. The van der Waals surface area contributed by atoms with Gasteiger partial charge in [-0.15, -0.1) is 0 Å². The summed E-state index contributed by atoms with van der Waals surface area (Å²) in [4.78, 5) is 21.4. The molecule has 2 N–H and O–H groups in total. The summed E-state index contributed by atoms with van der Waals surface area (Å²) in [5.74, 6) is -1.44. The van der Waals surface area contributed by atoms with Crippen molar-refractivity contribution in [3.05, 3.63) is 39.7 Å². The topological polar surface area (TPSA) is 95.5 Å². The summed E-state index contributed by atoms with van der Waals surface area (Å²) < 4.78 is 17.9. The molecule has 0 saturated heterocycles. The van der Waals surface area contributed by atoms with Crippen LogP contribution in [0.25, 0.3) is 6.08 Å². The van der Waals surface area contributed by atoms with Crippen LogP contribution in [-0.2, 0) is 9.53 Å². The number of hydrogen-bond acceptors (Lipinski definition) is 5. The quantitative estimate of drug-likeness (QED) is 0.216. The Morgan fingerprint density at radius 2 is 2.25 bits per heavy atom. The SMILES string of the molecule is CCCCOC(=O)/C=C\c1c(N)cc(F)cc1[N+](=O)[O-]. The lowest BCUT2D eigenvalue weighted by molar-refractivity contribution is -0.385. The second-order valence-corrected chi connectivity index (χ2v) is 4.04. The minimum atomic E-state index is -0.808. The minimum absolute atomic E-state index is 0.0242. The number of carbonyl (C=O) groups excluding carboxylic acids is 1. The Morgan fingerprint density at radius 1 is 1.55 bits per heavy atom. The predicted molar refractivity (Wildman–Crippen MR) is 72.4 cm³/mol. The van der Waals surface area contributed by atoms with E-state index in [-0.39, 0.29) is 17.9 Å². The first kappa shape index (κ1) is 15.6. The first-order valence-corrected chi connectivity index (χ1v) is 6.04. The summed E-state index contributed by atoms with van der Waals surface area (Å²) in [5.41, 5.74) is 4.88. The van der Waals surface area contributed by atoms with Crippen molar-refractivity contribution in [1.82, 2.24) is 0 Å². The number of rotatable bonds is 6. The van der Waals surface area contributed by atoms with E-state index in [1.54, 1.807) is 0 Å². The van der Waals surface area contributed by atoms with Gasteiger partial charge in [-0.2, -0.15) is 0 Å². The van der Waals surface area contributed by atoms with Gasteiger partial charge in [0.15, 0.2) is 0 Å². The van der Waals surface area contributed by atoms with Crippen molar-refractivity contribution in [2.24, 2.45) is 0 Å². The molecular weight excluding hydrogens is 267 g/mol. The number of esters is 1. The maximum atomic E-state index is 13.1. The molecule has 7 heteroatoms. The second-order valence-electron chi connectivity index (χ2n) is 4.04. The van der Waals surface area contributed by atoms with Gasteiger partial charge in [0.25, 0.3) is 5.69 Å². The summed E-state index contributed by atoms with van der Waals surface area (Å²) in [5, 5.41) is 10.8. The van der Waals surface area contributed by atoms with Gasteiger partial charge in [0.05, 0.1) is 23.2 Å². The van der Waals surface area contributed by atoms with Gasteiger partial charge in [0.2, 0.25) is 0 Å². The third-order valence-corrected chi connectivity index (χ3v) is 2.48. The highest BCUT2D eigenvalue weighted by molar-refractivity contribution is 5.89. The van der Waals surface area contributed by atoms with E-state index in [0.717, 1.165) is 37.1 Å². The maximum Gasteiger partial charge on any atom is 0.330 e. The number of nitrogen functional groups attached to an aromatic ring is 1. The fraction of sp³-hybridized carbons (Fsp3) is 0.308. The lowest BCUT2D eigenvalue weighted by Crippen LogP contribution is -2.03. The molecule has 0 spiro atoms. The van der Waals surface area contributed by atoms with Crippen LogP contribution in [0.5, 0.6) is 0 Å². The van der Waals surface area contributed by atoms with Gasteiger partial charge in [-0.05, 0) is 18.6 Å². The van der Waals surface area contributed by atoms with E-state index in [1.807, 2.05) is 6.92 Å². The molecule has 0 unspecified atom stereocenters. The van der Waals surface area contributed by atoms with Gasteiger partial charge in [-0.1, -0.05) is 13.3 Å². The third-order valence-electron chi connectivity index (χ3n) is 2.48. The van der Waals surface area contributed by atoms with Crippen LogP contribution in [-0.4, -0.2) is 17.5 Å². The van der Waals surface area contributed by atoms with E-state index in [9.17, 15) is 19.3 Å². The van der Waals surface area contributed by atoms with Crippen molar-refractivity contribution >= 4 is 23.4 Å². The first-order valence-electron chi connectivity index (χ1n) is 6.04. The monoisotopic (exact) mass is 282 g/mol. The van der Waals surface area contributed by atoms with Crippen LogP contribution in [0, 0.1) is 15.9 Å². The highest BCUT2D eigenvalue weighted by atomic mass is 19.1. The molecule has 0 amide bonds. The van der Waals surface area contributed by atoms with Crippen molar-refractivity contribution in [2.45, 2.75) is 19.8 Å². The molecule has 1 aromatic rings. The van der Waals surface area contributed by atoms with Crippen molar-refractivity contribution in [2.75, 3.05) is 12.3 Å². The second kappa shape index (κ2) is 7.22. The zero-order valence-electron chi connectivity index (χ0n) is 11.0. The molecule has 0 radical (unpaired) electrons. The Bertz CT molecular complexity index is 543. The molecule has 6 nitrogen and oxygen atoms in total.